The Morgan fingerprint density at radius 3 is 2.65 bits per heavy atom. The molecule has 1 aliphatic rings. The second kappa shape index (κ2) is 8.96. The fraction of sp³-hybridized carbons (Fsp3) is 0.400. The summed E-state index contributed by atoms with van der Waals surface area (Å²) in [6.07, 6.45) is 1.88. The molecule has 3 rings (SSSR count). The van der Waals surface area contributed by atoms with Crippen LogP contribution in [0.15, 0.2) is 41.1 Å². The number of likely N-dealkylation sites (tertiary alicyclic amines) is 1. The average Bonchev–Trinajstić information content (AvgIpc) is 3.18. The number of carbonyl (C=O) groups is 2. The third kappa shape index (κ3) is 5.16. The summed E-state index contributed by atoms with van der Waals surface area (Å²) in [5.74, 6) is -0.319. The van der Waals surface area contributed by atoms with Gasteiger partial charge >= 0.3 is 0 Å². The minimum atomic E-state index is -0.200. The molecule has 6 heteroatoms. The van der Waals surface area contributed by atoms with Gasteiger partial charge in [-0.05, 0) is 42.3 Å². The van der Waals surface area contributed by atoms with E-state index >= 15 is 0 Å². The number of thiophene rings is 1. The predicted octanol–water partition coefficient (Wildman–Crippen LogP) is 2.57. The van der Waals surface area contributed by atoms with Gasteiger partial charge in [0, 0.05) is 36.6 Å². The van der Waals surface area contributed by atoms with Crippen LogP contribution < -0.4 is 10.6 Å². The molecule has 1 saturated heterocycles. The first-order chi connectivity index (χ1) is 12.6. The van der Waals surface area contributed by atoms with E-state index in [4.69, 9.17) is 0 Å². The molecule has 0 unspecified atom stereocenters. The molecule has 0 atom stereocenters. The van der Waals surface area contributed by atoms with E-state index in [0.717, 1.165) is 32.5 Å². The van der Waals surface area contributed by atoms with Gasteiger partial charge in [-0.2, -0.15) is 11.3 Å². The zero-order valence-corrected chi connectivity index (χ0v) is 15.8. The second-order valence-electron chi connectivity index (χ2n) is 6.74. The van der Waals surface area contributed by atoms with Crippen molar-refractivity contribution in [2.75, 3.05) is 19.6 Å². The standard InChI is InChI=1S/C20H25N3O2S/c1-15-4-2-3-5-16(15)13-23-9-6-18(7-10-23)22-19(24)12-21-20(25)17-8-11-26-14-17/h2-5,8,11,14,18H,6-7,9-10,12-13H2,1H3,(H,21,25)(H,22,24). The second-order valence-corrected chi connectivity index (χ2v) is 7.52. The molecule has 0 saturated carbocycles. The van der Waals surface area contributed by atoms with Crippen LogP contribution in [0, 0.1) is 6.92 Å². The molecule has 2 amide bonds. The summed E-state index contributed by atoms with van der Waals surface area (Å²) in [4.78, 5) is 26.4. The summed E-state index contributed by atoms with van der Waals surface area (Å²) in [5.41, 5.74) is 3.29. The van der Waals surface area contributed by atoms with Gasteiger partial charge in [0.2, 0.25) is 5.91 Å². The molecule has 138 valence electrons. The average molecular weight is 372 g/mol. The molecule has 26 heavy (non-hydrogen) atoms. The van der Waals surface area contributed by atoms with E-state index in [1.807, 2.05) is 5.38 Å². The number of nitrogens with one attached hydrogen (secondary N) is 2. The maximum atomic E-state index is 12.1. The molecule has 1 aliphatic heterocycles. The molecule has 5 nitrogen and oxygen atoms in total. The Labute approximate surface area is 158 Å². The summed E-state index contributed by atoms with van der Waals surface area (Å²) in [5, 5.41) is 9.33. The zero-order valence-electron chi connectivity index (χ0n) is 15.0. The lowest BCUT2D eigenvalue weighted by atomic mass is 10.0. The lowest BCUT2D eigenvalue weighted by Crippen LogP contribution is -2.47. The van der Waals surface area contributed by atoms with Crippen molar-refractivity contribution in [1.82, 2.24) is 15.5 Å². The molecular formula is C20H25N3O2S. The monoisotopic (exact) mass is 371 g/mol. The summed E-state index contributed by atoms with van der Waals surface area (Å²) in [7, 11) is 0. The van der Waals surface area contributed by atoms with Crippen LogP contribution in [-0.4, -0.2) is 42.4 Å². The summed E-state index contributed by atoms with van der Waals surface area (Å²) in [6.45, 7) is 5.08. The molecule has 1 aromatic heterocycles. The Morgan fingerprint density at radius 2 is 1.96 bits per heavy atom. The summed E-state index contributed by atoms with van der Waals surface area (Å²) < 4.78 is 0. The first-order valence-electron chi connectivity index (χ1n) is 8.98. The topological polar surface area (TPSA) is 61.4 Å². The van der Waals surface area contributed by atoms with Crippen LogP contribution in [-0.2, 0) is 11.3 Å². The van der Waals surface area contributed by atoms with E-state index in [1.54, 1.807) is 11.4 Å². The van der Waals surface area contributed by atoms with Crippen LogP contribution in [0.25, 0.3) is 0 Å². The van der Waals surface area contributed by atoms with Crippen molar-refractivity contribution in [3.63, 3.8) is 0 Å². The maximum absolute atomic E-state index is 12.1. The largest absolute Gasteiger partial charge is 0.352 e. The molecule has 1 fully saturated rings. The number of rotatable bonds is 6. The van der Waals surface area contributed by atoms with Crippen LogP contribution in [0.1, 0.15) is 34.3 Å². The minimum absolute atomic E-state index is 0.0259. The number of aryl methyl sites for hydroxylation is 1. The van der Waals surface area contributed by atoms with Gasteiger partial charge in [-0.1, -0.05) is 24.3 Å². The quantitative estimate of drug-likeness (QED) is 0.820. The molecule has 0 radical (unpaired) electrons. The van der Waals surface area contributed by atoms with Crippen molar-refractivity contribution >= 4 is 23.2 Å². The summed E-state index contributed by atoms with van der Waals surface area (Å²) in [6, 6.07) is 10.4. The molecule has 2 aromatic rings. The molecule has 0 aliphatic carbocycles. The maximum Gasteiger partial charge on any atom is 0.252 e. The van der Waals surface area contributed by atoms with Gasteiger partial charge in [0.1, 0.15) is 0 Å². The number of amides is 2. The van der Waals surface area contributed by atoms with Gasteiger partial charge in [0.05, 0.1) is 6.54 Å². The smallest absolute Gasteiger partial charge is 0.252 e. The highest BCUT2D eigenvalue weighted by Crippen LogP contribution is 2.16. The summed E-state index contributed by atoms with van der Waals surface area (Å²) >= 11 is 1.47. The van der Waals surface area contributed by atoms with Gasteiger partial charge in [0.15, 0.2) is 0 Å². The van der Waals surface area contributed by atoms with E-state index < -0.39 is 0 Å². The lowest BCUT2D eigenvalue weighted by Gasteiger charge is -2.32. The molecule has 0 bridgehead atoms. The number of hydrogen-bond acceptors (Lipinski definition) is 4. The first-order valence-corrected chi connectivity index (χ1v) is 9.93. The van der Waals surface area contributed by atoms with Crippen molar-refractivity contribution in [2.24, 2.45) is 0 Å². The van der Waals surface area contributed by atoms with Gasteiger partial charge in [-0.25, -0.2) is 0 Å². The Balaban J connectivity index is 1.37. The van der Waals surface area contributed by atoms with E-state index in [-0.39, 0.29) is 24.4 Å². The Hall–Kier alpha value is -2.18. The van der Waals surface area contributed by atoms with Crippen LogP contribution in [0.5, 0.6) is 0 Å². The normalized spacial score (nSPS) is 15.6. The van der Waals surface area contributed by atoms with Gasteiger partial charge in [0.25, 0.3) is 5.91 Å². The Bertz CT molecular complexity index is 737. The highest BCUT2D eigenvalue weighted by atomic mass is 32.1. The minimum Gasteiger partial charge on any atom is -0.352 e. The van der Waals surface area contributed by atoms with E-state index in [0.29, 0.717) is 5.56 Å². The SMILES string of the molecule is Cc1ccccc1CN1CCC(NC(=O)CNC(=O)c2ccsc2)CC1. The first kappa shape index (κ1) is 18.6. The number of benzene rings is 1. The van der Waals surface area contributed by atoms with Crippen LogP contribution in [0.2, 0.25) is 0 Å². The van der Waals surface area contributed by atoms with Crippen LogP contribution in [0.3, 0.4) is 0 Å². The number of carbonyl (C=O) groups excluding carboxylic acids is 2. The van der Waals surface area contributed by atoms with E-state index in [1.165, 1.54) is 22.5 Å². The highest BCUT2D eigenvalue weighted by Gasteiger charge is 2.21. The fourth-order valence-corrected chi connectivity index (χ4v) is 3.83. The molecule has 1 aromatic carbocycles. The van der Waals surface area contributed by atoms with Crippen molar-refractivity contribution < 1.29 is 9.59 Å². The molecular weight excluding hydrogens is 346 g/mol. The zero-order chi connectivity index (χ0) is 18.4. The third-order valence-corrected chi connectivity index (χ3v) is 5.48. The van der Waals surface area contributed by atoms with Gasteiger partial charge < -0.3 is 10.6 Å². The number of nitrogens with zero attached hydrogens (tertiary/aromatic N) is 1. The highest BCUT2D eigenvalue weighted by molar-refractivity contribution is 7.08. The number of hydrogen-bond donors (Lipinski definition) is 2. The lowest BCUT2D eigenvalue weighted by molar-refractivity contribution is -0.121. The van der Waals surface area contributed by atoms with Gasteiger partial charge in [-0.15, -0.1) is 0 Å². The number of piperidine rings is 1. The van der Waals surface area contributed by atoms with Crippen LogP contribution in [0.4, 0.5) is 0 Å². The van der Waals surface area contributed by atoms with Crippen molar-refractivity contribution in [1.29, 1.82) is 0 Å². The molecule has 2 heterocycles. The fourth-order valence-electron chi connectivity index (χ4n) is 3.20. The van der Waals surface area contributed by atoms with E-state index in [9.17, 15) is 9.59 Å². The van der Waals surface area contributed by atoms with Crippen molar-refractivity contribution in [2.45, 2.75) is 32.4 Å². The third-order valence-electron chi connectivity index (χ3n) is 4.80. The Morgan fingerprint density at radius 1 is 1.19 bits per heavy atom. The van der Waals surface area contributed by atoms with Gasteiger partial charge in [-0.3, -0.25) is 14.5 Å². The molecule has 2 N–H and O–H groups in total. The van der Waals surface area contributed by atoms with Crippen molar-refractivity contribution in [3.05, 3.63) is 57.8 Å². The Kier molecular flexibility index (Phi) is 6.41. The predicted molar refractivity (Wildman–Crippen MR) is 104 cm³/mol. The van der Waals surface area contributed by atoms with Crippen molar-refractivity contribution in [3.8, 4) is 0 Å². The van der Waals surface area contributed by atoms with Crippen LogP contribution >= 0.6 is 11.3 Å². The van der Waals surface area contributed by atoms with E-state index in [2.05, 4.69) is 46.7 Å². The molecule has 0 spiro atoms.